The molecule has 37 heavy (non-hydrogen) atoms. The van der Waals surface area contributed by atoms with Crippen LogP contribution >= 0.6 is 12.2 Å². The van der Waals surface area contributed by atoms with Gasteiger partial charge in [0, 0.05) is 42.4 Å². The van der Waals surface area contributed by atoms with Crippen molar-refractivity contribution in [3.63, 3.8) is 0 Å². The molecule has 4 aromatic rings. The monoisotopic (exact) mass is 510 g/mol. The lowest BCUT2D eigenvalue weighted by Crippen LogP contribution is -2.32. The van der Waals surface area contributed by atoms with Crippen molar-refractivity contribution in [1.82, 2.24) is 24.8 Å². The molecule has 2 N–H and O–H groups in total. The van der Waals surface area contributed by atoms with E-state index in [-0.39, 0.29) is 18.0 Å². The smallest absolute Gasteiger partial charge is 0.226 e. The predicted octanol–water partition coefficient (Wildman–Crippen LogP) is 5.19. The van der Waals surface area contributed by atoms with Gasteiger partial charge in [-0.05, 0) is 86.6 Å². The first-order valence-electron chi connectivity index (χ1n) is 12.4. The number of nitrogens with zero attached hydrogens (tertiary/aromatic N) is 4. The van der Waals surface area contributed by atoms with Crippen molar-refractivity contribution in [2.75, 3.05) is 11.9 Å². The number of nitrogens with one attached hydrogen (secondary N) is 2. The molecule has 1 fully saturated rings. The first-order chi connectivity index (χ1) is 17.9. The quantitative estimate of drug-likeness (QED) is 0.333. The summed E-state index contributed by atoms with van der Waals surface area (Å²) in [5.41, 5.74) is 6.15. The topological polar surface area (TPSA) is 75.1 Å². The minimum Gasteiger partial charge on any atom is -0.352 e. The molecular formula is C29H30N6OS. The number of rotatable bonds is 7. The second kappa shape index (κ2) is 10.5. The van der Waals surface area contributed by atoms with E-state index in [0.29, 0.717) is 18.1 Å². The number of carbonyl (C=O) groups excluding carboxylic acids is 1. The summed E-state index contributed by atoms with van der Waals surface area (Å²) in [6, 6.07) is 21.4. The largest absolute Gasteiger partial charge is 0.352 e. The van der Waals surface area contributed by atoms with Crippen LogP contribution in [0.5, 0.6) is 0 Å². The summed E-state index contributed by atoms with van der Waals surface area (Å²) in [5, 5.41) is 7.08. The van der Waals surface area contributed by atoms with Gasteiger partial charge in [-0.2, -0.15) is 0 Å². The Morgan fingerprint density at radius 1 is 1.00 bits per heavy atom. The van der Waals surface area contributed by atoms with Gasteiger partial charge >= 0.3 is 0 Å². The third-order valence-corrected chi connectivity index (χ3v) is 7.11. The van der Waals surface area contributed by atoms with Gasteiger partial charge in [0.15, 0.2) is 5.11 Å². The normalized spacial score (nSPS) is 17.1. The fourth-order valence-corrected chi connectivity index (χ4v) is 5.37. The number of amides is 1. The zero-order valence-electron chi connectivity index (χ0n) is 21.2. The lowest BCUT2D eigenvalue weighted by molar-refractivity contribution is -0.116. The van der Waals surface area contributed by atoms with Crippen LogP contribution in [0.15, 0.2) is 79.1 Å². The molecule has 1 aliphatic rings. The second-order valence-electron chi connectivity index (χ2n) is 9.34. The number of para-hydroxylation sites is 1. The number of aryl methyl sites for hydroxylation is 2. The summed E-state index contributed by atoms with van der Waals surface area (Å²) in [5.74, 6) is 0.835. The molecule has 1 aromatic carbocycles. The van der Waals surface area contributed by atoms with Gasteiger partial charge in [-0.1, -0.05) is 24.3 Å². The summed E-state index contributed by atoms with van der Waals surface area (Å²) < 4.78 is 2.18. The zero-order valence-corrected chi connectivity index (χ0v) is 22.0. The van der Waals surface area contributed by atoms with Crippen LogP contribution in [0.3, 0.4) is 0 Å². The van der Waals surface area contributed by atoms with E-state index in [1.54, 1.807) is 6.20 Å². The third-order valence-electron chi connectivity index (χ3n) is 6.75. The maximum absolute atomic E-state index is 12.8. The van der Waals surface area contributed by atoms with Gasteiger partial charge in [-0.15, -0.1) is 0 Å². The van der Waals surface area contributed by atoms with Crippen LogP contribution < -0.4 is 10.6 Å². The van der Waals surface area contributed by atoms with Crippen molar-refractivity contribution in [2.45, 2.75) is 39.3 Å². The van der Waals surface area contributed by atoms with Crippen molar-refractivity contribution in [3.8, 4) is 5.82 Å². The fourth-order valence-electron chi connectivity index (χ4n) is 5.03. The summed E-state index contributed by atoms with van der Waals surface area (Å²) in [6.45, 7) is 6.75. The van der Waals surface area contributed by atoms with E-state index in [4.69, 9.17) is 12.2 Å². The van der Waals surface area contributed by atoms with Gasteiger partial charge in [0.1, 0.15) is 5.82 Å². The first kappa shape index (κ1) is 24.6. The highest BCUT2D eigenvalue weighted by Gasteiger charge is 2.41. The van der Waals surface area contributed by atoms with Crippen LogP contribution in [0.2, 0.25) is 0 Å². The van der Waals surface area contributed by atoms with Crippen LogP contribution in [0.1, 0.15) is 46.7 Å². The highest BCUT2D eigenvalue weighted by Crippen LogP contribution is 2.41. The molecule has 3 aromatic heterocycles. The van der Waals surface area contributed by atoms with Gasteiger partial charge in [0.2, 0.25) is 5.91 Å². The molecular weight excluding hydrogens is 480 g/mol. The number of thiocarbonyl (C=S) groups is 1. The molecule has 0 aliphatic carbocycles. The standard InChI is InChI=1S/C29H30N6OS/c1-19-12-15-31-25(17-19)35-20(2)18-23(21(35)3)28-27(24-11-7-8-14-30-24)33-29(37)34(28)16-13-26(36)32-22-9-5-4-6-10-22/h4-12,14-15,17-18,27-28H,13,16H2,1-3H3,(H,32,36)(H,33,37)/t27-,28-/m1/s1. The minimum atomic E-state index is -0.148. The Bertz CT molecular complexity index is 1420. The van der Waals surface area contributed by atoms with Crippen LogP contribution in [-0.4, -0.2) is 37.0 Å². The third kappa shape index (κ3) is 5.11. The van der Waals surface area contributed by atoms with Crippen molar-refractivity contribution in [1.29, 1.82) is 0 Å². The van der Waals surface area contributed by atoms with Crippen molar-refractivity contribution >= 4 is 28.9 Å². The Balaban J connectivity index is 1.48. The highest BCUT2D eigenvalue weighted by molar-refractivity contribution is 7.80. The molecule has 1 saturated heterocycles. The Morgan fingerprint density at radius 3 is 2.51 bits per heavy atom. The maximum atomic E-state index is 12.8. The molecule has 8 heteroatoms. The van der Waals surface area contributed by atoms with Gasteiger partial charge in [-0.25, -0.2) is 4.98 Å². The number of hydrogen-bond donors (Lipinski definition) is 2. The van der Waals surface area contributed by atoms with Gasteiger partial charge < -0.3 is 20.1 Å². The Morgan fingerprint density at radius 2 is 1.78 bits per heavy atom. The van der Waals surface area contributed by atoms with Crippen molar-refractivity contribution < 1.29 is 4.79 Å². The molecule has 0 bridgehead atoms. The van der Waals surface area contributed by atoms with Crippen LogP contribution in [0, 0.1) is 20.8 Å². The molecule has 5 rings (SSSR count). The maximum Gasteiger partial charge on any atom is 0.226 e. The fraction of sp³-hybridized carbons (Fsp3) is 0.241. The molecule has 0 unspecified atom stereocenters. The molecule has 0 radical (unpaired) electrons. The number of benzene rings is 1. The number of hydrogen-bond acceptors (Lipinski definition) is 4. The molecule has 1 amide bonds. The molecule has 0 spiro atoms. The number of anilines is 1. The number of aromatic nitrogens is 3. The lowest BCUT2D eigenvalue weighted by Gasteiger charge is -2.28. The van der Waals surface area contributed by atoms with Gasteiger partial charge in [0.25, 0.3) is 0 Å². The number of carbonyl (C=O) groups is 1. The van der Waals surface area contributed by atoms with E-state index in [2.05, 4.69) is 63.0 Å². The summed E-state index contributed by atoms with van der Waals surface area (Å²) in [4.78, 5) is 24.2. The Labute approximate surface area is 222 Å². The SMILES string of the molecule is Cc1ccnc(-n2c(C)cc([C@@H]3[C@@H](c4ccccn4)NC(=S)N3CCC(=O)Nc3ccccc3)c2C)c1. The van der Waals surface area contributed by atoms with Gasteiger partial charge in [-0.3, -0.25) is 9.78 Å². The summed E-state index contributed by atoms with van der Waals surface area (Å²) in [6.07, 6.45) is 3.94. The van der Waals surface area contributed by atoms with Crippen molar-refractivity contribution in [3.05, 3.63) is 107 Å². The average Bonchev–Trinajstić information content (AvgIpc) is 3.38. The van der Waals surface area contributed by atoms with E-state index in [1.807, 2.05) is 60.8 Å². The lowest BCUT2D eigenvalue weighted by atomic mass is 9.96. The Hall–Kier alpha value is -4.04. The van der Waals surface area contributed by atoms with E-state index < -0.39 is 0 Å². The second-order valence-corrected chi connectivity index (χ2v) is 9.72. The van der Waals surface area contributed by atoms with Crippen LogP contribution in [0.4, 0.5) is 5.69 Å². The van der Waals surface area contributed by atoms with Crippen LogP contribution in [-0.2, 0) is 4.79 Å². The molecule has 4 heterocycles. The predicted molar refractivity (Wildman–Crippen MR) is 150 cm³/mol. The number of pyridine rings is 2. The molecule has 0 saturated carbocycles. The molecule has 7 nitrogen and oxygen atoms in total. The van der Waals surface area contributed by atoms with E-state index in [1.165, 1.54) is 0 Å². The molecule has 188 valence electrons. The summed E-state index contributed by atoms with van der Waals surface area (Å²) in [7, 11) is 0. The average molecular weight is 511 g/mol. The van der Waals surface area contributed by atoms with E-state index >= 15 is 0 Å². The minimum absolute atomic E-state index is 0.0523. The van der Waals surface area contributed by atoms with E-state index in [9.17, 15) is 4.79 Å². The van der Waals surface area contributed by atoms with Gasteiger partial charge in [0.05, 0.1) is 17.8 Å². The molecule has 2 atom stereocenters. The summed E-state index contributed by atoms with van der Waals surface area (Å²) >= 11 is 5.81. The highest BCUT2D eigenvalue weighted by atomic mass is 32.1. The van der Waals surface area contributed by atoms with E-state index in [0.717, 1.165) is 39.7 Å². The molecule has 1 aliphatic heterocycles. The van der Waals surface area contributed by atoms with Crippen LogP contribution in [0.25, 0.3) is 5.82 Å². The zero-order chi connectivity index (χ0) is 25.9. The van der Waals surface area contributed by atoms with Crippen molar-refractivity contribution in [2.24, 2.45) is 0 Å². The first-order valence-corrected chi connectivity index (χ1v) is 12.8. The Kier molecular flexibility index (Phi) is 7.01.